The second-order valence-electron chi connectivity index (χ2n) is 5.69. The van der Waals surface area contributed by atoms with E-state index in [0.29, 0.717) is 11.3 Å². The van der Waals surface area contributed by atoms with E-state index in [1.165, 1.54) is 7.11 Å². The maximum Gasteiger partial charge on any atom is 0.306 e. The molecule has 2 aromatic rings. The molecule has 0 amide bonds. The Morgan fingerprint density at radius 1 is 1.17 bits per heavy atom. The largest absolute Gasteiger partial charge is 0.491 e. The van der Waals surface area contributed by atoms with E-state index in [9.17, 15) is 9.59 Å². The molecule has 0 fully saturated rings. The topological polar surface area (TPSA) is 84.2 Å². The Labute approximate surface area is 134 Å². The van der Waals surface area contributed by atoms with E-state index in [0.717, 1.165) is 11.3 Å². The molecule has 0 saturated heterocycles. The van der Waals surface area contributed by atoms with Crippen LogP contribution in [0.3, 0.4) is 0 Å². The molecule has 1 atom stereocenters. The molecule has 0 aliphatic rings. The summed E-state index contributed by atoms with van der Waals surface area (Å²) in [7, 11) is 1.34. The van der Waals surface area contributed by atoms with Crippen molar-refractivity contribution in [3.8, 4) is 5.75 Å². The van der Waals surface area contributed by atoms with Crippen molar-refractivity contribution in [1.82, 2.24) is 10.2 Å². The number of carbonyl (C=O) groups excluding carboxylic acids is 1. The summed E-state index contributed by atoms with van der Waals surface area (Å²) in [4.78, 5) is 23.8. The number of H-pyrrole nitrogens is 2. The molecule has 23 heavy (non-hydrogen) atoms. The van der Waals surface area contributed by atoms with Crippen LogP contribution in [0.2, 0.25) is 0 Å². The molecule has 1 heterocycles. The molecular formula is C17H22N2O4. The highest BCUT2D eigenvalue weighted by Gasteiger charge is 2.24. The van der Waals surface area contributed by atoms with Gasteiger partial charge in [0.15, 0.2) is 0 Å². The van der Waals surface area contributed by atoms with E-state index in [1.807, 2.05) is 38.1 Å². The normalized spacial score (nSPS) is 12.2. The summed E-state index contributed by atoms with van der Waals surface area (Å²) < 4.78 is 10.4. The Kier molecular flexibility index (Phi) is 5.26. The molecule has 0 unspecified atom stereocenters. The third kappa shape index (κ3) is 4.03. The fraction of sp³-hybridized carbons (Fsp3) is 0.412. The van der Waals surface area contributed by atoms with Crippen molar-refractivity contribution in [2.45, 2.75) is 39.2 Å². The van der Waals surface area contributed by atoms with Gasteiger partial charge in [0.1, 0.15) is 5.75 Å². The molecule has 0 spiro atoms. The lowest BCUT2D eigenvalue weighted by Crippen LogP contribution is -2.17. The van der Waals surface area contributed by atoms with Crippen LogP contribution in [-0.2, 0) is 9.53 Å². The van der Waals surface area contributed by atoms with Crippen LogP contribution >= 0.6 is 0 Å². The maximum atomic E-state index is 12.1. The molecule has 2 N–H and O–H groups in total. The van der Waals surface area contributed by atoms with Gasteiger partial charge in [0.05, 0.1) is 19.6 Å². The molecule has 0 radical (unpaired) electrons. The number of benzene rings is 1. The zero-order valence-electron chi connectivity index (χ0n) is 13.8. The third-order valence-corrected chi connectivity index (χ3v) is 3.61. The number of methoxy groups -OCH3 is 1. The van der Waals surface area contributed by atoms with E-state index in [2.05, 4.69) is 10.2 Å². The first-order valence-corrected chi connectivity index (χ1v) is 7.53. The van der Waals surface area contributed by atoms with E-state index >= 15 is 0 Å². The quantitative estimate of drug-likeness (QED) is 0.802. The number of aromatic amines is 2. The fourth-order valence-electron chi connectivity index (χ4n) is 2.56. The lowest BCUT2D eigenvalue weighted by atomic mass is 9.88. The molecule has 0 aliphatic heterocycles. The molecule has 6 heteroatoms. The Morgan fingerprint density at radius 3 is 2.30 bits per heavy atom. The predicted octanol–water partition coefficient (Wildman–Crippen LogP) is 2.49. The lowest BCUT2D eigenvalue weighted by Gasteiger charge is -2.16. The number of ether oxygens (including phenoxy) is 2. The van der Waals surface area contributed by atoms with Crippen LogP contribution in [0, 0.1) is 6.92 Å². The summed E-state index contributed by atoms with van der Waals surface area (Å²) in [5.41, 5.74) is 1.90. The van der Waals surface area contributed by atoms with Gasteiger partial charge in [0.2, 0.25) is 0 Å². The minimum atomic E-state index is -0.370. The van der Waals surface area contributed by atoms with Crippen LogP contribution in [-0.4, -0.2) is 29.4 Å². The molecule has 0 saturated carbocycles. The van der Waals surface area contributed by atoms with Gasteiger partial charge in [-0.15, -0.1) is 0 Å². The standard InChI is InChI=1S/C17H22N2O4/c1-10(2)23-13-7-5-12(6-8-13)14(9-15(20)22-4)16-11(3)18-19-17(16)21/h5-8,10,14H,9H2,1-4H3,(H2,18,19,21)/t14-/m0/s1. The summed E-state index contributed by atoms with van der Waals surface area (Å²) in [5, 5.41) is 5.36. The minimum Gasteiger partial charge on any atom is -0.491 e. The van der Waals surface area contributed by atoms with E-state index < -0.39 is 0 Å². The Hall–Kier alpha value is -2.50. The second-order valence-corrected chi connectivity index (χ2v) is 5.69. The van der Waals surface area contributed by atoms with Crippen LogP contribution < -0.4 is 10.3 Å². The number of hydrogen-bond acceptors (Lipinski definition) is 4. The maximum absolute atomic E-state index is 12.1. The first-order chi connectivity index (χ1) is 10.9. The van der Waals surface area contributed by atoms with Crippen LogP contribution in [0.5, 0.6) is 5.75 Å². The van der Waals surface area contributed by atoms with Crippen molar-refractivity contribution in [3.63, 3.8) is 0 Å². The summed E-state index contributed by atoms with van der Waals surface area (Å²) in [6.07, 6.45) is 0.185. The predicted molar refractivity (Wildman–Crippen MR) is 86.8 cm³/mol. The average molecular weight is 318 g/mol. The summed E-state index contributed by atoms with van der Waals surface area (Å²) in [6, 6.07) is 7.43. The van der Waals surface area contributed by atoms with Gasteiger partial charge in [-0.05, 0) is 38.5 Å². The smallest absolute Gasteiger partial charge is 0.306 e. The highest BCUT2D eigenvalue weighted by atomic mass is 16.5. The summed E-state index contributed by atoms with van der Waals surface area (Å²) >= 11 is 0. The summed E-state index contributed by atoms with van der Waals surface area (Å²) in [5.74, 6) is 0.0170. The van der Waals surface area contributed by atoms with Gasteiger partial charge in [0.25, 0.3) is 5.56 Å². The number of hydrogen-bond donors (Lipinski definition) is 2. The van der Waals surface area contributed by atoms with Crippen molar-refractivity contribution in [2.75, 3.05) is 7.11 Å². The van der Waals surface area contributed by atoms with E-state index in [4.69, 9.17) is 9.47 Å². The number of aromatic nitrogens is 2. The molecule has 0 bridgehead atoms. The first kappa shape index (κ1) is 16.9. The van der Waals surface area contributed by atoms with Crippen molar-refractivity contribution in [2.24, 2.45) is 0 Å². The van der Waals surface area contributed by atoms with E-state index in [1.54, 1.807) is 6.92 Å². The summed E-state index contributed by atoms with van der Waals surface area (Å²) in [6.45, 7) is 5.71. The van der Waals surface area contributed by atoms with Crippen LogP contribution in [0.1, 0.15) is 43.0 Å². The van der Waals surface area contributed by atoms with Gasteiger partial charge in [-0.1, -0.05) is 12.1 Å². The Balaban J connectivity index is 2.38. The Bertz CT molecular complexity index is 713. The second kappa shape index (κ2) is 7.17. The lowest BCUT2D eigenvalue weighted by molar-refractivity contribution is -0.140. The monoisotopic (exact) mass is 318 g/mol. The van der Waals surface area contributed by atoms with Gasteiger partial charge in [-0.2, -0.15) is 0 Å². The molecule has 1 aromatic heterocycles. The zero-order valence-corrected chi connectivity index (χ0v) is 13.8. The van der Waals surface area contributed by atoms with Crippen molar-refractivity contribution in [3.05, 3.63) is 51.4 Å². The molecule has 0 aliphatic carbocycles. The van der Waals surface area contributed by atoms with E-state index in [-0.39, 0.29) is 30.0 Å². The van der Waals surface area contributed by atoms with Crippen molar-refractivity contribution in [1.29, 1.82) is 0 Å². The molecule has 1 aromatic carbocycles. The average Bonchev–Trinajstić information content (AvgIpc) is 2.84. The number of nitrogens with one attached hydrogen (secondary N) is 2. The van der Waals surface area contributed by atoms with Crippen molar-refractivity contribution >= 4 is 5.97 Å². The molecule has 124 valence electrons. The van der Waals surface area contributed by atoms with Gasteiger partial charge in [0, 0.05) is 17.2 Å². The van der Waals surface area contributed by atoms with Crippen LogP contribution in [0.15, 0.2) is 29.1 Å². The van der Waals surface area contributed by atoms with Gasteiger partial charge in [-0.3, -0.25) is 14.7 Å². The Morgan fingerprint density at radius 2 is 1.83 bits per heavy atom. The SMILES string of the molecule is COC(=O)C[C@@H](c1ccc(OC(C)C)cc1)c1c(C)[nH][nH]c1=O. The number of rotatable bonds is 6. The number of aryl methyl sites for hydroxylation is 1. The fourth-order valence-corrected chi connectivity index (χ4v) is 2.56. The van der Waals surface area contributed by atoms with Crippen LogP contribution in [0.4, 0.5) is 0 Å². The number of carbonyl (C=O) groups is 1. The van der Waals surface area contributed by atoms with Crippen LogP contribution in [0.25, 0.3) is 0 Å². The highest BCUT2D eigenvalue weighted by molar-refractivity contribution is 5.71. The first-order valence-electron chi connectivity index (χ1n) is 7.53. The minimum absolute atomic E-state index is 0.0847. The van der Waals surface area contributed by atoms with Gasteiger partial charge in [-0.25, -0.2) is 0 Å². The van der Waals surface area contributed by atoms with Crippen molar-refractivity contribution < 1.29 is 14.3 Å². The van der Waals surface area contributed by atoms with Gasteiger partial charge >= 0.3 is 5.97 Å². The molecule has 6 nitrogen and oxygen atoms in total. The zero-order chi connectivity index (χ0) is 17.0. The third-order valence-electron chi connectivity index (χ3n) is 3.61. The highest BCUT2D eigenvalue weighted by Crippen LogP contribution is 2.29. The molecular weight excluding hydrogens is 296 g/mol. The molecule has 2 rings (SSSR count). The number of esters is 1. The van der Waals surface area contributed by atoms with Gasteiger partial charge < -0.3 is 14.6 Å².